The molecule has 2 atom stereocenters. The van der Waals surface area contributed by atoms with Gasteiger partial charge in [-0.05, 0) is 29.9 Å². The Labute approximate surface area is 93.1 Å². The Kier molecular flexibility index (Phi) is 4.83. The summed E-state index contributed by atoms with van der Waals surface area (Å²) in [5, 5.41) is 9.81. The maximum absolute atomic E-state index is 9.81. The van der Waals surface area contributed by atoms with E-state index in [1.165, 1.54) is 5.56 Å². The minimum absolute atomic E-state index is 0.291. The third-order valence-corrected chi connectivity index (χ3v) is 3.06. The molecular weight excluding hydrogens is 184 g/mol. The molecule has 2 unspecified atom stereocenters. The van der Waals surface area contributed by atoms with E-state index in [-0.39, 0.29) is 6.10 Å². The van der Waals surface area contributed by atoms with Crippen molar-refractivity contribution in [2.75, 3.05) is 0 Å². The largest absolute Gasteiger partial charge is 0.388 e. The SMILES string of the molecule is CCCC(O)c1ccc(C(C)CC)cc1. The highest BCUT2D eigenvalue weighted by Gasteiger charge is 2.07. The Morgan fingerprint density at radius 2 is 1.60 bits per heavy atom. The molecule has 0 spiro atoms. The van der Waals surface area contributed by atoms with Gasteiger partial charge in [-0.25, -0.2) is 0 Å². The highest BCUT2D eigenvalue weighted by molar-refractivity contribution is 5.26. The zero-order chi connectivity index (χ0) is 11.3. The minimum atomic E-state index is -0.291. The molecule has 0 bridgehead atoms. The molecule has 0 aliphatic rings. The Balaban J connectivity index is 2.71. The summed E-state index contributed by atoms with van der Waals surface area (Å²) in [4.78, 5) is 0. The van der Waals surface area contributed by atoms with Gasteiger partial charge in [-0.15, -0.1) is 0 Å². The molecule has 0 saturated carbocycles. The van der Waals surface area contributed by atoms with Crippen LogP contribution in [0.1, 0.15) is 63.2 Å². The number of aliphatic hydroxyl groups excluding tert-OH is 1. The predicted octanol–water partition coefficient (Wildman–Crippen LogP) is 4.03. The highest BCUT2D eigenvalue weighted by Crippen LogP contribution is 2.23. The molecule has 0 fully saturated rings. The summed E-state index contributed by atoms with van der Waals surface area (Å²) >= 11 is 0. The van der Waals surface area contributed by atoms with Gasteiger partial charge in [0.1, 0.15) is 0 Å². The van der Waals surface area contributed by atoms with Crippen LogP contribution in [0.5, 0.6) is 0 Å². The monoisotopic (exact) mass is 206 g/mol. The summed E-state index contributed by atoms with van der Waals surface area (Å²) in [5.41, 5.74) is 2.41. The first-order valence-electron chi connectivity index (χ1n) is 5.96. The summed E-state index contributed by atoms with van der Waals surface area (Å²) < 4.78 is 0. The first kappa shape index (κ1) is 12.3. The Hall–Kier alpha value is -0.820. The first-order chi connectivity index (χ1) is 7.19. The van der Waals surface area contributed by atoms with Crippen molar-refractivity contribution in [3.05, 3.63) is 35.4 Å². The number of hydrogen-bond donors (Lipinski definition) is 1. The van der Waals surface area contributed by atoms with Gasteiger partial charge in [0.05, 0.1) is 6.10 Å². The molecule has 84 valence electrons. The lowest BCUT2D eigenvalue weighted by molar-refractivity contribution is 0.166. The summed E-state index contributed by atoms with van der Waals surface area (Å²) in [6.07, 6.45) is 2.74. The molecule has 0 saturated heterocycles. The topological polar surface area (TPSA) is 20.2 Å². The van der Waals surface area contributed by atoms with Gasteiger partial charge < -0.3 is 5.11 Å². The van der Waals surface area contributed by atoms with E-state index >= 15 is 0 Å². The van der Waals surface area contributed by atoms with Gasteiger partial charge in [0.15, 0.2) is 0 Å². The van der Waals surface area contributed by atoms with E-state index in [9.17, 15) is 5.11 Å². The van der Waals surface area contributed by atoms with Crippen molar-refractivity contribution in [1.29, 1.82) is 0 Å². The highest BCUT2D eigenvalue weighted by atomic mass is 16.3. The lowest BCUT2D eigenvalue weighted by atomic mass is 9.96. The van der Waals surface area contributed by atoms with Gasteiger partial charge in [-0.3, -0.25) is 0 Å². The lowest BCUT2D eigenvalue weighted by Crippen LogP contribution is -1.98. The van der Waals surface area contributed by atoms with Gasteiger partial charge in [0, 0.05) is 0 Å². The number of hydrogen-bond acceptors (Lipinski definition) is 1. The molecule has 0 radical (unpaired) electrons. The fraction of sp³-hybridized carbons (Fsp3) is 0.571. The quantitative estimate of drug-likeness (QED) is 0.771. The van der Waals surface area contributed by atoms with E-state index in [4.69, 9.17) is 0 Å². The molecule has 0 amide bonds. The zero-order valence-electron chi connectivity index (χ0n) is 10.0. The van der Waals surface area contributed by atoms with Crippen LogP contribution >= 0.6 is 0 Å². The summed E-state index contributed by atoms with van der Waals surface area (Å²) in [6.45, 7) is 6.53. The Morgan fingerprint density at radius 1 is 1.07 bits per heavy atom. The van der Waals surface area contributed by atoms with Gasteiger partial charge in [-0.1, -0.05) is 51.5 Å². The van der Waals surface area contributed by atoms with Crippen molar-refractivity contribution >= 4 is 0 Å². The molecule has 15 heavy (non-hydrogen) atoms. The maximum atomic E-state index is 9.81. The summed E-state index contributed by atoms with van der Waals surface area (Å²) in [6, 6.07) is 8.40. The average Bonchev–Trinajstić information content (AvgIpc) is 2.28. The van der Waals surface area contributed by atoms with E-state index in [0.29, 0.717) is 5.92 Å². The lowest BCUT2D eigenvalue weighted by Gasteiger charge is -2.12. The third-order valence-electron chi connectivity index (χ3n) is 3.06. The first-order valence-corrected chi connectivity index (χ1v) is 5.96. The third kappa shape index (κ3) is 3.35. The van der Waals surface area contributed by atoms with Crippen molar-refractivity contribution in [3.63, 3.8) is 0 Å². The summed E-state index contributed by atoms with van der Waals surface area (Å²) in [7, 11) is 0. The molecule has 1 aromatic rings. The van der Waals surface area contributed by atoms with E-state index in [0.717, 1.165) is 24.8 Å². The van der Waals surface area contributed by atoms with Gasteiger partial charge >= 0.3 is 0 Å². The smallest absolute Gasteiger partial charge is 0.0790 e. The predicted molar refractivity (Wildman–Crippen MR) is 65.0 cm³/mol. The second-order valence-corrected chi connectivity index (χ2v) is 4.28. The van der Waals surface area contributed by atoms with Crippen molar-refractivity contribution in [1.82, 2.24) is 0 Å². The summed E-state index contributed by atoms with van der Waals surface area (Å²) in [5.74, 6) is 0.613. The van der Waals surface area contributed by atoms with Crippen LogP contribution in [0.3, 0.4) is 0 Å². The molecule has 1 rings (SSSR count). The Bertz CT molecular complexity index is 276. The zero-order valence-corrected chi connectivity index (χ0v) is 10.0. The molecular formula is C14H22O. The molecule has 1 nitrogen and oxygen atoms in total. The van der Waals surface area contributed by atoms with Crippen molar-refractivity contribution in [2.45, 2.75) is 52.1 Å². The molecule has 0 heterocycles. The molecule has 0 aromatic heterocycles. The van der Waals surface area contributed by atoms with Crippen LogP contribution in [0.25, 0.3) is 0 Å². The van der Waals surface area contributed by atoms with Gasteiger partial charge in [0.25, 0.3) is 0 Å². The van der Waals surface area contributed by atoms with Crippen LogP contribution in [-0.2, 0) is 0 Å². The van der Waals surface area contributed by atoms with E-state index in [1.807, 2.05) is 0 Å². The number of benzene rings is 1. The maximum Gasteiger partial charge on any atom is 0.0790 e. The molecule has 0 aliphatic heterocycles. The fourth-order valence-electron chi connectivity index (χ4n) is 1.72. The standard InChI is InChI=1S/C14H22O/c1-4-6-14(15)13-9-7-12(8-10-13)11(3)5-2/h7-11,14-15H,4-6H2,1-3H3. The van der Waals surface area contributed by atoms with Crippen molar-refractivity contribution < 1.29 is 5.11 Å². The van der Waals surface area contributed by atoms with Crippen LogP contribution in [0, 0.1) is 0 Å². The van der Waals surface area contributed by atoms with Crippen LogP contribution in [0.2, 0.25) is 0 Å². The van der Waals surface area contributed by atoms with E-state index in [1.54, 1.807) is 0 Å². The van der Waals surface area contributed by atoms with Crippen LogP contribution < -0.4 is 0 Å². The van der Waals surface area contributed by atoms with Crippen molar-refractivity contribution in [3.8, 4) is 0 Å². The fourth-order valence-corrected chi connectivity index (χ4v) is 1.72. The normalized spacial score (nSPS) is 14.9. The van der Waals surface area contributed by atoms with Crippen molar-refractivity contribution in [2.24, 2.45) is 0 Å². The van der Waals surface area contributed by atoms with Crippen LogP contribution in [0.4, 0.5) is 0 Å². The van der Waals surface area contributed by atoms with Gasteiger partial charge in [0.2, 0.25) is 0 Å². The molecule has 1 aromatic carbocycles. The van der Waals surface area contributed by atoms with Crippen LogP contribution in [-0.4, -0.2) is 5.11 Å². The van der Waals surface area contributed by atoms with Crippen LogP contribution in [0.15, 0.2) is 24.3 Å². The van der Waals surface area contributed by atoms with E-state index in [2.05, 4.69) is 45.0 Å². The molecule has 1 heteroatoms. The van der Waals surface area contributed by atoms with E-state index < -0.39 is 0 Å². The minimum Gasteiger partial charge on any atom is -0.388 e. The Morgan fingerprint density at radius 3 is 2.07 bits per heavy atom. The second kappa shape index (κ2) is 5.92. The average molecular weight is 206 g/mol. The molecule has 0 aliphatic carbocycles. The number of aliphatic hydroxyl groups is 1. The van der Waals surface area contributed by atoms with Gasteiger partial charge in [-0.2, -0.15) is 0 Å². The number of rotatable bonds is 5. The second-order valence-electron chi connectivity index (χ2n) is 4.28. The molecule has 1 N–H and O–H groups in total.